The Balaban J connectivity index is 1.93. The van der Waals surface area contributed by atoms with Crippen LogP contribution in [0.25, 0.3) is 11.0 Å². The predicted molar refractivity (Wildman–Crippen MR) is 91.4 cm³/mol. The third kappa shape index (κ3) is 6.44. The van der Waals surface area contributed by atoms with Crippen LogP contribution in [0.15, 0.2) is 12.5 Å². The summed E-state index contributed by atoms with van der Waals surface area (Å²) in [6.45, 7) is 1.88. The standard InChI is InChI=1S/C10H17N4O10P3/c1-7-4-14(10-8(7)9(11)12-5-13-10)2-3-22-6-25(15,16)23-27(20,21)24-26(17,18)19/h4-5H,2-3,6H2,1H3,(H,15,16)(H,20,21)(H2,11,12,13)(H2,17,18,19). The topological polar surface area (TPSA) is 217 Å². The highest BCUT2D eigenvalue weighted by Crippen LogP contribution is 2.65. The zero-order chi connectivity index (χ0) is 20.5. The highest BCUT2D eigenvalue weighted by atomic mass is 31.3. The highest BCUT2D eigenvalue weighted by Gasteiger charge is 2.39. The molecule has 0 saturated carbocycles. The van der Waals surface area contributed by atoms with Crippen LogP contribution in [0.5, 0.6) is 0 Å². The van der Waals surface area contributed by atoms with Crippen LogP contribution in [0.3, 0.4) is 0 Å². The maximum Gasteiger partial charge on any atom is 0.488 e. The van der Waals surface area contributed by atoms with Gasteiger partial charge in [0.05, 0.1) is 12.0 Å². The van der Waals surface area contributed by atoms with Crippen LogP contribution in [0, 0.1) is 6.92 Å². The SMILES string of the molecule is Cc1cn(CCOCP(=O)(O)OP(=O)(O)OP(=O)(O)O)c2ncnc(N)c12. The van der Waals surface area contributed by atoms with E-state index in [1.54, 1.807) is 17.7 Å². The third-order valence-electron chi connectivity index (χ3n) is 3.04. The summed E-state index contributed by atoms with van der Waals surface area (Å²) in [7, 11) is -15.7. The minimum absolute atomic E-state index is 0.115. The Labute approximate surface area is 152 Å². The van der Waals surface area contributed by atoms with Gasteiger partial charge in [-0.1, -0.05) is 0 Å². The van der Waals surface area contributed by atoms with Gasteiger partial charge in [0.15, 0.2) is 0 Å². The molecule has 0 amide bonds. The van der Waals surface area contributed by atoms with Crippen molar-refractivity contribution in [3.63, 3.8) is 0 Å². The fourth-order valence-electron chi connectivity index (χ4n) is 2.19. The number of hydrogen-bond acceptors (Lipinski definition) is 9. The first-order valence-corrected chi connectivity index (χ1v) is 11.8. The van der Waals surface area contributed by atoms with Gasteiger partial charge in [-0.05, 0) is 12.5 Å². The zero-order valence-electron chi connectivity index (χ0n) is 13.8. The molecular weight excluding hydrogens is 429 g/mol. The van der Waals surface area contributed by atoms with E-state index in [4.69, 9.17) is 25.2 Å². The van der Waals surface area contributed by atoms with Crippen LogP contribution in [0.4, 0.5) is 5.82 Å². The molecule has 2 atom stereocenters. The minimum Gasteiger partial charge on any atom is -0.383 e. The largest absolute Gasteiger partial charge is 0.488 e. The summed E-state index contributed by atoms with van der Waals surface area (Å²) < 4.78 is 47.4. The van der Waals surface area contributed by atoms with Crippen molar-refractivity contribution >= 4 is 40.1 Å². The fraction of sp³-hybridized carbons (Fsp3) is 0.400. The van der Waals surface area contributed by atoms with Gasteiger partial charge in [0.25, 0.3) is 0 Å². The first-order valence-electron chi connectivity index (χ1n) is 7.06. The average molecular weight is 446 g/mol. The van der Waals surface area contributed by atoms with Gasteiger partial charge < -0.3 is 34.6 Å². The lowest BCUT2D eigenvalue weighted by Crippen LogP contribution is -2.08. The van der Waals surface area contributed by atoms with Crippen LogP contribution in [-0.4, -0.2) is 47.1 Å². The van der Waals surface area contributed by atoms with E-state index in [1.807, 2.05) is 0 Å². The lowest BCUT2D eigenvalue weighted by atomic mass is 10.2. The molecule has 0 spiro atoms. The Hall–Kier alpha value is -1.17. The molecule has 17 heteroatoms. The quantitative estimate of drug-likeness (QED) is 0.265. The lowest BCUT2D eigenvalue weighted by Gasteiger charge is -2.16. The number of aryl methyl sites for hydroxylation is 1. The number of nitrogen functional groups attached to an aromatic ring is 1. The Morgan fingerprint density at radius 3 is 2.44 bits per heavy atom. The molecule has 2 aromatic heterocycles. The maximum absolute atomic E-state index is 11.7. The van der Waals surface area contributed by atoms with Gasteiger partial charge in [0.2, 0.25) is 0 Å². The molecule has 6 N–H and O–H groups in total. The van der Waals surface area contributed by atoms with Crippen LogP contribution in [0.1, 0.15) is 5.56 Å². The Morgan fingerprint density at radius 2 is 1.81 bits per heavy atom. The van der Waals surface area contributed by atoms with Gasteiger partial charge in [-0.25, -0.2) is 23.4 Å². The van der Waals surface area contributed by atoms with Crippen molar-refractivity contribution in [1.29, 1.82) is 0 Å². The predicted octanol–water partition coefficient (Wildman–Crippen LogP) is 0.708. The number of ether oxygens (including phenoxy) is 1. The van der Waals surface area contributed by atoms with Crippen molar-refractivity contribution in [1.82, 2.24) is 14.5 Å². The van der Waals surface area contributed by atoms with Crippen LogP contribution in [0.2, 0.25) is 0 Å². The van der Waals surface area contributed by atoms with E-state index in [-0.39, 0.29) is 13.2 Å². The molecule has 27 heavy (non-hydrogen) atoms. The molecule has 0 bridgehead atoms. The van der Waals surface area contributed by atoms with Gasteiger partial charge in [-0.2, -0.15) is 4.31 Å². The van der Waals surface area contributed by atoms with Gasteiger partial charge >= 0.3 is 23.2 Å². The van der Waals surface area contributed by atoms with E-state index in [0.29, 0.717) is 16.9 Å². The summed E-state index contributed by atoms with van der Waals surface area (Å²) in [6, 6.07) is 0. The van der Waals surface area contributed by atoms with Crippen LogP contribution >= 0.6 is 23.2 Å². The van der Waals surface area contributed by atoms with Crippen molar-refractivity contribution in [3.05, 3.63) is 18.1 Å². The lowest BCUT2D eigenvalue weighted by molar-refractivity contribution is 0.145. The molecular formula is C10H17N4O10P3. The molecule has 2 unspecified atom stereocenters. The van der Waals surface area contributed by atoms with Crippen LogP contribution < -0.4 is 5.73 Å². The van der Waals surface area contributed by atoms with E-state index in [9.17, 15) is 18.6 Å². The molecule has 152 valence electrons. The van der Waals surface area contributed by atoms with Gasteiger partial charge in [-0.15, -0.1) is 0 Å². The average Bonchev–Trinajstić information content (AvgIpc) is 2.77. The number of nitrogens with two attached hydrogens (primary N) is 1. The molecule has 0 fully saturated rings. The summed E-state index contributed by atoms with van der Waals surface area (Å²) in [5, 5.41) is 0.657. The molecule has 2 rings (SSSR count). The summed E-state index contributed by atoms with van der Waals surface area (Å²) >= 11 is 0. The molecule has 0 radical (unpaired) electrons. The summed E-state index contributed by atoms with van der Waals surface area (Å²) in [6.07, 6.45) is 1.99. The number of nitrogens with zero attached hydrogens (tertiary/aromatic N) is 3. The number of phosphoric acid groups is 2. The molecule has 0 aliphatic rings. The zero-order valence-corrected chi connectivity index (χ0v) is 16.5. The van der Waals surface area contributed by atoms with Crippen molar-refractivity contribution in [2.45, 2.75) is 13.5 Å². The van der Waals surface area contributed by atoms with Crippen molar-refractivity contribution < 1.29 is 46.6 Å². The number of hydrogen-bond donors (Lipinski definition) is 5. The van der Waals surface area contributed by atoms with Gasteiger partial charge in [0.1, 0.15) is 24.1 Å². The Kier molecular flexibility index (Phi) is 6.60. The monoisotopic (exact) mass is 446 g/mol. The van der Waals surface area contributed by atoms with Crippen molar-refractivity contribution in [3.8, 4) is 0 Å². The number of aromatic nitrogens is 3. The first-order chi connectivity index (χ1) is 12.3. The molecule has 0 aliphatic carbocycles. The second kappa shape index (κ2) is 8.06. The first kappa shape index (κ1) is 22.1. The second-order valence-corrected chi connectivity index (χ2v) is 10.0. The number of anilines is 1. The minimum atomic E-state index is -5.47. The molecule has 2 heterocycles. The summed E-state index contributed by atoms with van der Waals surface area (Å²) in [5.41, 5.74) is 7.13. The van der Waals surface area contributed by atoms with Crippen molar-refractivity contribution in [2.75, 3.05) is 18.7 Å². The third-order valence-corrected chi connectivity index (χ3v) is 7.08. The number of rotatable bonds is 9. The molecule has 0 aromatic carbocycles. The van der Waals surface area contributed by atoms with Crippen LogP contribution in [-0.2, 0) is 33.6 Å². The smallest absolute Gasteiger partial charge is 0.383 e. The molecule has 2 aromatic rings. The summed E-state index contributed by atoms with van der Waals surface area (Å²) in [5.74, 6) is 0.300. The van der Waals surface area contributed by atoms with E-state index < -0.39 is 29.6 Å². The van der Waals surface area contributed by atoms with E-state index in [2.05, 4.69) is 18.6 Å². The van der Waals surface area contributed by atoms with E-state index >= 15 is 0 Å². The molecule has 14 nitrogen and oxygen atoms in total. The molecule has 0 aliphatic heterocycles. The maximum atomic E-state index is 11.7. The Bertz CT molecular complexity index is 972. The van der Waals surface area contributed by atoms with Gasteiger partial charge in [-0.3, -0.25) is 4.57 Å². The summed E-state index contributed by atoms with van der Waals surface area (Å²) in [4.78, 5) is 43.4. The fourth-order valence-corrected chi connectivity index (χ4v) is 5.49. The Morgan fingerprint density at radius 1 is 1.15 bits per heavy atom. The highest BCUT2D eigenvalue weighted by molar-refractivity contribution is 7.68. The number of fused-ring (bicyclic) bond motifs is 1. The van der Waals surface area contributed by atoms with E-state index in [0.717, 1.165) is 5.56 Å². The van der Waals surface area contributed by atoms with E-state index in [1.165, 1.54) is 6.33 Å². The normalized spacial score (nSPS) is 16.9. The van der Waals surface area contributed by atoms with Crippen molar-refractivity contribution in [2.24, 2.45) is 0 Å². The van der Waals surface area contributed by atoms with Gasteiger partial charge in [0, 0.05) is 12.7 Å². The second-order valence-electron chi connectivity index (χ2n) is 5.26. The molecule has 0 saturated heterocycles.